The van der Waals surface area contributed by atoms with Crippen LogP contribution in [0.5, 0.6) is 0 Å². The van der Waals surface area contributed by atoms with Gasteiger partial charge in [0, 0.05) is 6.42 Å². The Labute approximate surface area is 484 Å². The summed E-state index contributed by atoms with van der Waals surface area (Å²) < 4.78 is 17.6. The maximum absolute atomic E-state index is 13.5. The molecular formula is C68H123NO10. The van der Waals surface area contributed by atoms with Crippen molar-refractivity contribution in [1.82, 2.24) is 5.32 Å². The van der Waals surface area contributed by atoms with E-state index in [1.54, 1.807) is 6.08 Å². The van der Waals surface area contributed by atoms with E-state index >= 15 is 0 Å². The number of nitrogens with one attached hydrogen (secondary N) is 1. The highest BCUT2D eigenvalue weighted by molar-refractivity contribution is 5.80. The Morgan fingerprint density at radius 3 is 1.33 bits per heavy atom. The van der Waals surface area contributed by atoms with Gasteiger partial charge in [0.15, 0.2) is 12.4 Å². The maximum atomic E-state index is 13.5. The van der Waals surface area contributed by atoms with Crippen LogP contribution in [-0.4, -0.2) is 99.6 Å². The summed E-state index contributed by atoms with van der Waals surface area (Å²) in [6.07, 6.45) is 59.8. The first kappa shape index (κ1) is 74.4. The summed E-state index contributed by atoms with van der Waals surface area (Å²) >= 11 is 0. The number of aliphatic hydroxyl groups is 5. The van der Waals surface area contributed by atoms with Gasteiger partial charge >= 0.3 is 5.97 Å². The van der Waals surface area contributed by atoms with Gasteiger partial charge in [0.05, 0.1) is 25.4 Å². The zero-order valence-corrected chi connectivity index (χ0v) is 51.0. The third kappa shape index (κ3) is 43.7. The minimum Gasteiger partial charge on any atom is -0.454 e. The van der Waals surface area contributed by atoms with Crippen molar-refractivity contribution >= 4 is 11.9 Å². The molecule has 0 radical (unpaired) electrons. The van der Waals surface area contributed by atoms with Crippen LogP contribution in [0, 0.1) is 0 Å². The molecule has 0 aromatic heterocycles. The summed E-state index contributed by atoms with van der Waals surface area (Å²) in [5.74, 6) is -1.19. The minimum absolute atomic E-state index is 0.125. The van der Waals surface area contributed by atoms with E-state index in [9.17, 15) is 35.1 Å². The van der Waals surface area contributed by atoms with Crippen LogP contribution in [0.4, 0.5) is 0 Å². The number of esters is 1. The van der Waals surface area contributed by atoms with E-state index in [4.69, 9.17) is 14.2 Å². The lowest BCUT2D eigenvalue weighted by atomic mass is 9.99. The number of allylic oxidation sites excluding steroid dienone is 9. The quantitative estimate of drug-likeness (QED) is 0.0195. The van der Waals surface area contributed by atoms with Crippen molar-refractivity contribution in [3.8, 4) is 0 Å². The Kier molecular flexibility index (Phi) is 52.6. The average molecular weight is 1110 g/mol. The first-order valence-electron chi connectivity index (χ1n) is 33.1. The predicted octanol–water partition coefficient (Wildman–Crippen LogP) is 16.2. The standard InChI is InChI=1S/C68H123NO10/c1-4-7-10-13-16-19-22-24-25-26-27-28-29-30-31-32-33-34-35-36-38-41-43-46-49-52-55-61(72)67(76)69-59(60(71)54-51-48-45-42-40-37-23-20-17-14-11-8-5-2)58-77-68-66(65(75)64(74)62(57-70)78-68)79-63(73)56-53-50-47-44-39-21-18-15-12-9-6-3/h16,19,24-25,27-28,30-31,51,54,59-62,64-66,68,70-72,74-75H,4-15,17-18,20-23,26,29,32-50,52-53,55-58H2,1-3H3,(H,69,76)/b19-16-,25-24-,28-27-,31-30-,54-51+. The topological polar surface area (TPSA) is 175 Å². The van der Waals surface area contributed by atoms with Gasteiger partial charge in [-0.05, 0) is 70.6 Å². The van der Waals surface area contributed by atoms with Gasteiger partial charge in [0.2, 0.25) is 5.91 Å². The number of carbonyl (C=O) groups is 2. The van der Waals surface area contributed by atoms with Crippen molar-refractivity contribution in [2.45, 2.75) is 346 Å². The van der Waals surface area contributed by atoms with Crippen LogP contribution in [0.2, 0.25) is 0 Å². The van der Waals surface area contributed by atoms with E-state index < -0.39 is 67.4 Å². The number of hydrogen-bond donors (Lipinski definition) is 6. The van der Waals surface area contributed by atoms with Gasteiger partial charge < -0.3 is 45.1 Å². The molecule has 0 aliphatic carbocycles. The molecule has 0 aromatic rings. The molecule has 8 unspecified atom stereocenters. The fourth-order valence-electron chi connectivity index (χ4n) is 10.2. The summed E-state index contributed by atoms with van der Waals surface area (Å²) in [6.45, 7) is 5.76. The highest BCUT2D eigenvalue weighted by Gasteiger charge is 2.47. The predicted molar refractivity (Wildman–Crippen MR) is 329 cm³/mol. The SMILES string of the molecule is CCCCC/C=C\C/C=C\C/C=C\C/C=C\CCCCCCCCCCCCC(O)C(=O)NC(COC1OC(CO)C(O)C(O)C1OC(=O)CCCCCCCCCCCCC)C(O)/C=C/CCCCCCCCCCCCC. The maximum Gasteiger partial charge on any atom is 0.306 e. The number of aliphatic hydroxyl groups excluding tert-OH is 5. The molecule has 0 saturated carbocycles. The molecule has 0 aromatic carbocycles. The second kappa shape index (κ2) is 55.9. The molecule has 1 saturated heterocycles. The number of ether oxygens (including phenoxy) is 3. The Bertz CT molecular complexity index is 1510. The summed E-state index contributed by atoms with van der Waals surface area (Å²) in [5, 5.41) is 57.0. The molecule has 0 spiro atoms. The van der Waals surface area contributed by atoms with Gasteiger partial charge in [0.25, 0.3) is 0 Å². The van der Waals surface area contributed by atoms with Crippen LogP contribution < -0.4 is 5.32 Å². The monoisotopic (exact) mass is 1110 g/mol. The molecule has 1 heterocycles. The summed E-state index contributed by atoms with van der Waals surface area (Å²) in [7, 11) is 0. The Morgan fingerprint density at radius 1 is 0.494 bits per heavy atom. The Balaban J connectivity index is 2.59. The lowest BCUT2D eigenvalue weighted by Gasteiger charge is -2.41. The molecule has 1 aliphatic heterocycles. The number of rotatable bonds is 56. The van der Waals surface area contributed by atoms with Crippen LogP contribution >= 0.6 is 0 Å². The van der Waals surface area contributed by atoms with Gasteiger partial charge in [-0.3, -0.25) is 9.59 Å². The summed E-state index contributed by atoms with van der Waals surface area (Å²) in [6, 6.07) is -1.03. The molecule has 6 N–H and O–H groups in total. The van der Waals surface area contributed by atoms with Crippen molar-refractivity contribution in [1.29, 1.82) is 0 Å². The van der Waals surface area contributed by atoms with Gasteiger partial charge in [-0.1, -0.05) is 281 Å². The zero-order valence-electron chi connectivity index (χ0n) is 51.0. The Hall–Kier alpha value is -2.64. The van der Waals surface area contributed by atoms with Crippen molar-refractivity contribution in [2.24, 2.45) is 0 Å². The number of unbranched alkanes of at least 4 members (excludes halogenated alkanes) is 34. The zero-order chi connectivity index (χ0) is 57.5. The van der Waals surface area contributed by atoms with Crippen LogP contribution in [-0.2, 0) is 23.8 Å². The number of carbonyl (C=O) groups excluding carboxylic acids is 2. The first-order valence-corrected chi connectivity index (χ1v) is 33.1. The van der Waals surface area contributed by atoms with Crippen molar-refractivity contribution in [2.75, 3.05) is 13.2 Å². The van der Waals surface area contributed by atoms with Crippen molar-refractivity contribution in [3.05, 3.63) is 60.8 Å². The van der Waals surface area contributed by atoms with Crippen molar-refractivity contribution < 1.29 is 49.3 Å². The van der Waals surface area contributed by atoms with E-state index in [-0.39, 0.29) is 19.4 Å². The van der Waals surface area contributed by atoms with Crippen LogP contribution in [0.1, 0.15) is 297 Å². The Morgan fingerprint density at radius 2 is 0.873 bits per heavy atom. The fourth-order valence-corrected chi connectivity index (χ4v) is 10.2. The molecule has 79 heavy (non-hydrogen) atoms. The largest absolute Gasteiger partial charge is 0.454 e. The van der Waals surface area contributed by atoms with E-state index in [0.717, 1.165) is 83.5 Å². The van der Waals surface area contributed by atoms with Gasteiger partial charge in [-0.25, -0.2) is 0 Å². The molecule has 1 amide bonds. The first-order chi connectivity index (χ1) is 38.7. The average Bonchev–Trinajstić information content (AvgIpc) is 3.51. The highest BCUT2D eigenvalue weighted by atomic mass is 16.7. The van der Waals surface area contributed by atoms with E-state index in [1.807, 2.05) is 6.08 Å². The van der Waals surface area contributed by atoms with Crippen LogP contribution in [0.15, 0.2) is 60.8 Å². The molecule has 1 aliphatic rings. The third-order valence-electron chi connectivity index (χ3n) is 15.4. The van der Waals surface area contributed by atoms with Gasteiger partial charge in [0.1, 0.15) is 24.4 Å². The molecule has 11 heteroatoms. The third-order valence-corrected chi connectivity index (χ3v) is 15.4. The molecule has 1 fully saturated rings. The van der Waals surface area contributed by atoms with E-state index in [2.05, 4.69) is 74.7 Å². The van der Waals surface area contributed by atoms with Crippen molar-refractivity contribution in [3.63, 3.8) is 0 Å². The van der Waals surface area contributed by atoms with Gasteiger partial charge in [-0.2, -0.15) is 0 Å². The van der Waals surface area contributed by atoms with Crippen LogP contribution in [0.25, 0.3) is 0 Å². The molecule has 1 rings (SSSR count). The van der Waals surface area contributed by atoms with E-state index in [0.29, 0.717) is 12.8 Å². The minimum atomic E-state index is -1.61. The lowest BCUT2D eigenvalue weighted by Crippen LogP contribution is -2.61. The molecule has 8 atom stereocenters. The van der Waals surface area contributed by atoms with Crippen LogP contribution in [0.3, 0.4) is 0 Å². The second-order valence-corrected chi connectivity index (χ2v) is 22.9. The fraction of sp³-hybridized carbons (Fsp3) is 0.824. The lowest BCUT2D eigenvalue weighted by molar-refractivity contribution is -0.305. The molecule has 0 bridgehead atoms. The number of amides is 1. The highest BCUT2D eigenvalue weighted by Crippen LogP contribution is 2.26. The van der Waals surface area contributed by atoms with Gasteiger partial charge in [-0.15, -0.1) is 0 Å². The molecular weight excluding hydrogens is 991 g/mol. The smallest absolute Gasteiger partial charge is 0.306 e. The second-order valence-electron chi connectivity index (χ2n) is 22.9. The summed E-state index contributed by atoms with van der Waals surface area (Å²) in [5.41, 5.74) is 0. The normalized spacial score (nSPS) is 19.2. The summed E-state index contributed by atoms with van der Waals surface area (Å²) in [4.78, 5) is 26.5. The molecule has 460 valence electrons. The van der Waals surface area contributed by atoms with E-state index in [1.165, 1.54) is 167 Å². The number of hydrogen-bond acceptors (Lipinski definition) is 10. The molecule has 11 nitrogen and oxygen atoms in total.